The van der Waals surface area contributed by atoms with E-state index in [1.54, 1.807) is 0 Å². The summed E-state index contributed by atoms with van der Waals surface area (Å²) in [5.74, 6) is 0. The zero-order valence-electron chi connectivity index (χ0n) is 9.89. The molecule has 0 saturated carbocycles. The number of hydrogen-bond donors (Lipinski definition) is 2. The van der Waals surface area contributed by atoms with Gasteiger partial charge in [0.1, 0.15) is 0 Å². The van der Waals surface area contributed by atoms with Gasteiger partial charge in [-0.25, -0.2) is 0 Å². The average Bonchev–Trinajstić information content (AvgIpc) is 2.30. The van der Waals surface area contributed by atoms with Gasteiger partial charge in [0, 0.05) is 13.1 Å². The molecule has 0 fully saturated rings. The predicted octanol–water partition coefficient (Wildman–Crippen LogP) is 2.45. The molecule has 0 aliphatic rings. The summed E-state index contributed by atoms with van der Waals surface area (Å²) in [5, 5.41) is 12.7. The second-order valence-corrected chi connectivity index (χ2v) is 3.91. The lowest BCUT2D eigenvalue weighted by Crippen LogP contribution is -2.26. The highest BCUT2D eigenvalue weighted by atomic mass is 16.3. The van der Waals surface area contributed by atoms with Crippen LogP contribution in [0, 0.1) is 0 Å². The second kappa shape index (κ2) is 8.08. The summed E-state index contributed by atoms with van der Waals surface area (Å²) >= 11 is 0. The fourth-order valence-corrected chi connectivity index (χ4v) is 1.53. The van der Waals surface area contributed by atoms with Crippen LogP contribution in [-0.4, -0.2) is 24.3 Å². The third-order valence-corrected chi connectivity index (χ3v) is 2.37. The Morgan fingerprint density at radius 1 is 1.31 bits per heavy atom. The molecule has 88 valence electrons. The fourth-order valence-electron chi connectivity index (χ4n) is 1.53. The molecule has 1 atom stereocenters. The number of hydrogen-bond acceptors (Lipinski definition) is 2. The van der Waals surface area contributed by atoms with E-state index in [-0.39, 0.29) is 6.10 Å². The highest BCUT2D eigenvalue weighted by Crippen LogP contribution is 2.00. The van der Waals surface area contributed by atoms with Gasteiger partial charge in [0.25, 0.3) is 0 Å². The monoisotopic (exact) mass is 219 g/mol. The van der Waals surface area contributed by atoms with E-state index in [9.17, 15) is 5.11 Å². The molecular formula is C14H21NO. The molecule has 0 bridgehead atoms. The van der Waals surface area contributed by atoms with Gasteiger partial charge in [-0.15, -0.1) is 0 Å². The lowest BCUT2D eigenvalue weighted by Gasteiger charge is -2.08. The fraction of sp³-hybridized carbons (Fsp3) is 0.429. The molecule has 0 saturated heterocycles. The minimum absolute atomic E-state index is 0.213. The molecule has 1 rings (SSSR count). The number of nitrogens with one attached hydrogen (secondary N) is 1. The van der Waals surface area contributed by atoms with Crippen molar-refractivity contribution in [1.82, 2.24) is 5.32 Å². The van der Waals surface area contributed by atoms with Crippen LogP contribution in [0.25, 0.3) is 6.08 Å². The van der Waals surface area contributed by atoms with Gasteiger partial charge in [0.15, 0.2) is 0 Å². The lowest BCUT2D eigenvalue weighted by atomic mass is 10.2. The maximum atomic E-state index is 9.48. The molecule has 0 heterocycles. The number of benzene rings is 1. The van der Waals surface area contributed by atoms with Crippen LogP contribution in [0.15, 0.2) is 36.4 Å². The molecule has 0 aliphatic carbocycles. The van der Waals surface area contributed by atoms with E-state index in [4.69, 9.17) is 0 Å². The summed E-state index contributed by atoms with van der Waals surface area (Å²) in [7, 11) is 0. The zero-order chi connectivity index (χ0) is 11.6. The normalized spacial score (nSPS) is 13.1. The molecule has 16 heavy (non-hydrogen) atoms. The summed E-state index contributed by atoms with van der Waals surface area (Å²) in [4.78, 5) is 0. The van der Waals surface area contributed by atoms with Crippen molar-refractivity contribution < 1.29 is 5.11 Å². The van der Waals surface area contributed by atoms with Gasteiger partial charge < -0.3 is 10.4 Å². The minimum atomic E-state index is -0.213. The summed E-state index contributed by atoms with van der Waals surface area (Å²) in [6, 6.07) is 10.2. The van der Waals surface area contributed by atoms with Crippen molar-refractivity contribution in [3.8, 4) is 0 Å². The summed E-state index contributed by atoms with van der Waals surface area (Å²) < 4.78 is 0. The van der Waals surface area contributed by atoms with E-state index in [2.05, 4.69) is 36.5 Å². The summed E-state index contributed by atoms with van der Waals surface area (Å²) in [6.07, 6.45) is 5.85. The first kappa shape index (κ1) is 12.9. The Bertz CT molecular complexity index is 295. The van der Waals surface area contributed by atoms with Crippen molar-refractivity contribution in [3.05, 3.63) is 42.0 Å². The van der Waals surface area contributed by atoms with Crippen LogP contribution < -0.4 is 5.32 Å². The maximum Gasteiger partial charge on any atom is 0.0664 e. The molecule has 0 spiro atoms. The Balaban J connectivity index is 2.14. The highest BCUT2D eigenvalue weighted by molar-refractivity contribution is 5.48. The Kier molecular flexibility index (Phi) is 6.54. The molecule has 1 unspecified atom stereocenters. The Morgan fingerprint density at radius 2 is 2.06 bits per heavy atom. The highest BCUT2D eigenvalue weighted by Gasteiger charge is 1.99. The first-order valence-electron chi connectivity index (χ1n) is 5.93. The van der Waals surface area contributed by atoms with Crippen LogP contribution in [0.5, 0.6) is 0 Å². The number of aliphatic hydroxyl groups is 1. The minimum Gasteiger partial charge on any atom is -0.392 e. The Hall–Kier alpha value is -1.12. The summed E-state index contributed by atoms with van der Waals surface area (Å²) in [6.45, 7) is 3.56. The van der Waals surface area contributed by atoms with Crippen molar-refractivity contribution >= 4 is 6.08 Å². The van der Waals surface area contributed by atoms with Crippen molar-refractivity contribution in [2.75, 3.05) is 13.1 Å². The number of aliphatic hydroxyl groups excluding tert-OH is 1. The molecule has 2 N–H and O–H groups in total. The van der Waals surface area contributed by atoms with Crippen LogP contribution in [-0.2, 0) is 0 Å². The van der Waals surface area contributed by atoms with Crippen LogP contribution in [0.3, 0.4) is 0 Å². The van der Waals surface area contributed by atoms with E-state index in [0.717, 1.165) is 19.4 Å². The topological polar surface area (TPSA) is 32.3 Å². The Labute approximate surface area is 98.0 Å². The molecule has 0 amide bonds. The summed E-state index contributed by atoms with van der Waals surface area (Å²) in [5.41, 5.74) is 1.21. The molecule has 2 nitrogen and oxygen atoms in total. The molecular weight excluding hydrogens is 198 g/mol. The third-order valence-electron chi connectivity index (χ3n) is 2.37. The SMILES string of the molecule is CCCC(O)CNC/C=C/c1ccccc1. The van der Waals surface area contributed by atoms with Crippen molar-refractivity contribution in [2.45, 2.75) is 25.9 Å². The van der Waals surface area contributed by atoms with E-state index >= 15 is 0 Å². The molecule has 1 aromatic rings. The standard InChI is InChI=1S/C14H21NO/c1-2-7-14(16)12-15-11-6-10-13-8-4-3-5-9-13/h3-6,8-10,14-16H,2,7,11-12H2,1H3/b10-6+. The van der Waals surface area contributed by atoms with Crippen molar-refractivity contribution in [1.29, 1.82) is 0 Å². The van der Waals surface area contributed by atoms with E-state index in [0.29, 0.717) is 6.54 Å². The average molecular weight is 219 g/mol. The van der Waals surface area contributed by atoms with Crippen LogP contribution in [0.2, 0.25) is 0 Å². The van der Waals surface area contributed by atoms with Crippen molar-refractivity contribution in [3.63, 3.8) is 0 Å². The van der Waals surface area contributed by atoms with E-state index in [1.807, 2.05) is 18.2 Å². The first-order chi connectivity index (χ1) is 7.83. The lowest BCUT2D eigenvalue weighted by molar-refractivity contribution is 0.162. The van der Waals surface area contributed by atoms with E-state index < -0.39 is 0 Å². The quantitative estimate of drug-likeness (QED) is 0.690. The van der Waals surface area contributed by atoms with Crippen molar-refractivity contribution in [2.24, 2.45) is 0 Å². The predicted molar refractivity (Wildman–Crippen MR) is 69.3 cm³/mol. The Morgan fingerprint density at radius 3 is 2.75 bits per heavy atom. The van der Waals surface area contributed by atoms with Gasteiger partial charge in [0.05, 0.1) is 6.10 Å². The molecule has 2 heteroatoms. The molecule has 0 aromatic heterocycles. The first-order valence-corrected chi connectivity index (χ1v) is 5.93. The molecule has 1 aromatic carbocycles. The van der Waals surface area contributed by atoms with Crippen LogP contribution >= 0.6 is 0 Å². The van der Waals surface area contributed by atoms with Crippen LogP contribution in [0.1, 0.15) is 25.3 Å². The van der Waals surface area contributed by atoms with Gasteiger partial charge in [-0.1, -0.05) is 55.8 Å². The van der Waals surface area contributed by atoms with Gasteiger partial charge >= 0.3 is 0 Å². The third kappa shape index (κ3) is 5.69. The van der Waals surface area contributed by atoms with Gasteiger partial charge in [-0.05, 0) is 12.0 Å². The second-order valence-electron chi connectivity index (χ2n) is 3.91. The van der Waals surface area contributed by atoms with Gasteiger partial charge in [0.2, 0.25) is 0 Å². The molecule has 0 aliphatic heterocycles. The smallest absolute Gasteiger partial charge is 0.0664 e. The van der Waals surface area contributed by atoms with Gasteiger partial charge in [-0.3, -0.25) is 0 Å². The molecule has 0 radical (unpaired) electrons. The largest absolute Gasteiger partial charge is 0.392 e. The maximum absolute atomic E-state index is 9.48. The van der Waals surface area contributed by atoms with Gasteiger partial charge in [-0.2, -0.15) is 0 Å². The number of rotatable bonds is 7. The van der Waals surface area contributed by atoms with E-state index in [1.165, 1.54) is 5.56 Å². The van der Waals surface area contributed by atoms with Crippen LogP contribution in [0.4, 0.5) is 0 Å². The zero-order valence-corrected chi connectivity index (χ0v) is 9.89.